The highest BCUT2D eigenvalue weighted by molar-refractivity contribution is 4.83. The lowest BCUT2D eigenvalue weighted by molar-refractivity contribution is -0.0216. The van der Waals surface area contributed by atoms with Crippen LogP contribution in [0.1, 0.15) is 0 Å². The molecule has 60 valence electrons. The quantitative estimate of drug-likeness (QED) is 0.589. The molecule has 0 saturated carbocycles. The fourth-order valence-electron chi connectivity index (χ4n) is 1.09. The van der Waals surface area contributed by atoms with Crippen LogP contribution in [0.3, 0.4) is 0 Å². The molecule has 0 amide bonds. The summed E-state index contributed by atoms with van der Waals surface area (Å²) in [4.78, 5) is 0. The number of methoxy groups -OCH3 is 1. The fraction of sp³-hybridized carbons (Fsp3) is 1.00. The van der Waals surface area contributed by atoms with Crippen LogP contribution in [0.15, 0.2) is 0 Å². The predicted octanol–water partition coefficient (Wildman–Crippen LogP) is -0.269. The largest absolute Gasteiger partial charge is 0.394 e. The number of hydrogen-bond donors (Lipinski definition) is 1. The van der Waals surface area contributed by atoms with E-state index in [0.717, 1.165) is 0 Å². The molecule has 1 N–H and O–H groups in total. The van der Waals surface area contributed by atoms with E-state index < -0.39 is 18.4 Å². The minimum Gasteiger partial charge on any atom is -0.394 e. The molecule has 1 aliphatic heterocycles. The van der Waals surface area contributed by atoms with Crippen LogP contribution >= 0.6 is 0 Å². The number of alkyl halides is 1. The molecule has 0 spiro atoms. The molecule has 0 aliphatic carbocycles. The van der Waals surface area contributed by atoms with Crippen molar-refractivity contribution in [2.24, 2.45) is 0 Å². The van der Waals surface area contributed by atoms with Gasteiger partial charge in [0.25, 0.3) is 0 Å². The second kappa shape index (κ2) is 3.27. The van der Waals surface area contributed by atoms with Crippen LogP contribution in [0.5, 0.6) is 0 Å². The molecule has 0 radical (unpaired) electrons. The van der Waals surface area contributed by atoms with Crippen LogP contribution < -0.4 is 0 Å². The van der Waals surface area contributed by atoms with Gasteiger partial charge in [-0.1, -0.05) is 0 Å². The van der Waals surface area contributed by atoms with Crippen molar-refractivity contribution in [3.8, 4) is 0 Å². The molecule has 3 nitrogen and oxygen atoms in total. The number of aliphatic hydroxyl groups excluding tert-OH is 1. The summed E-state index contributed by atoms with van der Waals surface area (Å²) in [6, 6.07) is 0. The molecule has 3 atom stereocenters. The standard InChI is InChI=1S/C6H11FO3/c1-9-6-4(7)3-10-5(6)2-8/h4-6,8H,2-3H2,1H3/t4-,5+,6-/m0/s1. The van der Waals surface area contributed by atoms with E-state index in [2.05, 4.69) is 0 Å². The maximum absolute atomic E-state index is 12.7. The summed E-state index contributed by atoms with van der Waals surface area (Å²) in [5.74, 6) is 0. The van der Waals surface area contributed by atoms with Crippen molar-refractivity contribution in [1.82, 2.24) is 0 Å². The summed E-state index contributed by atoms with van der Waals surface area (Å²) in [6.45, 7) is -0.150. The van der Waals surface area contributed by atoms with Gasteiger partial charge in [-0.3, -0.25) is 0 Å². The lowest BCUT2D eigenvalue weighted by Gasteiger charge is -2.14. The van der Waals surface area contributed by atoms with Gasteiger partial charge in [0.15, 0.2) is 6.17 Å². The van der Waals surface area contributed by atoms with Gasteiger partial charge in [0, 0.05) is 7.11 Å². The van der Waals surface area contributed by atoms with Crippen molar-refractivity contribution >= 4 is 0 Å². The monoisotopic (exact) mass is 150 g/mol. The van der Waals surface area contributed by atoms with Gasteiger partial charge in [-0.15, -0.1) is 0 Å². The minimum absolute atomic E-state index is 0.0315. The maximum Gasteiger partial charge on any atom is 0.152 e. The molecular formula is C6H11FO3. The summed E-state index contributed by atoms with van der Waals surface area (Å²) in [5.41, 5.74) is 0. The van der Waals surface area contributed by atoms with Crippen LogP contribution in [-0.2, 0) is 9.47 Å². The van der Waals surface area contributed by atoms with Gasteiger partial charge < -0.3 is 14.6 Å². The topological polar surface area (TPSA) is 38.7 Å². The van der Waals surface area contributed by atoms with Gasteiger partial charge in [-0.25, -0.2) is 4.39 Å². The Morgan fingerprint density at radius 1 is 1.80 bits per heavy atom. The molecular weight excluding hydrogens is 139 g/mol. The van der Waals surface area contributed by atoms with Crippen LogP contribution in [0, 0.1) is 0 Å². The molecule has 1 rings (SSSR count). The molecule has 0 unspecified atom stereocenters. The van der Waals surface area contributed by atoms with Gasteiger partial charge in [0.1, 0.15) is 12.2 Å². The molecule has 0 aromatic carbocycles. The Bertz CT molecular complexity index is 109. The van der Waals surface area contributed by atoms with Gasteiger partial charge in [0.05, 0.1) is 13.2 Å². The Balaban J connectivity index is 2.45. The molecule has 4 heteroatoms. The van der Waals surface area contributed by atoms with Crippen molar-refractivity contribution in [3.63, 3.8) is 0 Å². The van der Waals surface area contributed by atoms with Crippen molar-refractivity contribution in [2.45, 2.75) is 18.4 Å². The van der Waals surface area contributed by atoms with E-state index in [1.165, 1.54) is 7.11 Å². The molecule has 1 heterocycles. The van der Waals surface area contributed by atoms with Crippen molar-refractivity contribution in [2.75, 3.05) is 20.3 Å². The van der Waals surface area contributed by atoms with E-state index in [9.17, 15) is 4.39 Å². The van der Waals surface area contributed by atoms with Crippen molar-refractivity contribution in [3.05, 3.63) is 0 Å². The first kappa shape index (κ1) is 7.91. The first-order chi connectivity index (χ1) is 4.79. The molecule has 1 fully saturated rings. The molecule has 0 aromatic heterocycles. The lowest BCUT2D eigenvalue weighted by Crippen LogP contribution is -2.32. The van der Waals surface area contributed by atoms with E-state index >= 15 is 0 Å². The number of rotatable bonds is 2. The van der Waals surface area contributed by atoms with Crippen LogP contribution in [0.25, 0.3) is 0 Å². The van der Waals surface area contributed by atoms with E-state index in [1.54, 1.807) is 0 Å². The Kier molecular flexibility index (Phi) is 2.59. The normalized spacial score (nSPS) is 40.5. The Hall–Kier alpha value is -0.190. The summed E-state index contributed by atoms with van der Waals surface area (Å²) >= 11 is 0. The molecule has 1 aliphatic rings. The van der Waals surface area contributed by atoms with Crippen LogP contribution in [0.2, 0.25) is 0 Å². The number of ether oxygens (including phenoxy) is 2. The third kappa shape index (κ3) is 1.28. The van der Waals surface area contributed by atoms with Crippen molar-refractivity contribution in [1.29, 1.82) is 0 Å². The van der Waals surface area contributed by atoms with Gasteiger partial charge in [-0.2, -0.15) is 0 Å². The maximum atomic E-state index is 12.7. The average molecular weight is 150 g/mol. The SMILES string of the molecule is CO[C@H]1[C@@H](F)CO[C@@H]1CO. The van der Waals surface area contributed by atoms with Crippen LogP contribution in [0.4, 0.5) is 4.39 Å². The van der Waals surface area contributed by atoms with Gasteiger partial charge in [-0.05, 0) is 0 Å². The third-order valence-corrected chi connectivity index (χ3v) is 1.64. The van der Waals surface area contributed by atoms with Crippen LogP contribution in [-0.4, -0.2) is 43.8 Å². The van der Waals surface area contributed by atoms with E-state index in [-0.39, 0.29) is 13.2 Å². The smallest absolute Gasteiger partial charge is 0.152 e. The highest BCUT2D eigenvalue weighted by atomic mass is 19.1. The Morgan fingerprint density at radius 2 is 2.50 bits per heavy atom. The molecule has 0 bridgehead atoms. The van der Waals surface area contributed by atoms with Gasteiger partial charge >= 0.3 is 0 Å². The lowest BCUT2D eigenvalue weighted by atomic mass is 10.2. The predicted molar refractivity (Wildman–Crippen MR) is 32.5 cm³/mol. The van der Waals surface area contributed by atoms with E-state index in [4.69, 9.17) is 14.6 Å². The zero-order valence-corrected chi connectivity index (χ0v) is 5.79. The number of hydrogen-bond acceptors (Lipinski definition) is 3. The van der Waals surface area contributed by atoms with Crippen molar-refractivity contribution < 1.29 is 19.0 Å². The molecule has 10 heavy (non-hydrogen) atoms. The van der Waals surface area contributed by atoms with E-state index in [0.29, 0.717) is 0 Å². The van der Waals surface area contributed by atoms with E-state index in [1.807, 2.05) is 0 Å². The Labute approximate surface area is 58.7 Å². The number of halogens is 1. The summed E-state index contributed by atoms with van der Waals surface area (Å²) in [5, 5.41) is 8.61. The molecule has 0 aromatic rings. The second-order valence-corrected chi connectivity index (χ2v) is 2.27. The first-order valence-electron chi connectivity index (χ1n) is 3.19. The zero-order valence-electron chi connectivity index (χ0n) is 5.79. The van der Waals surface area contributed by atoms with Gasteiger partial charge in [0.2, 0.25) is 0 Å². The Morgan fingerprint density at radius 3 is 2.90 bits per heavy atom. The third-order valence-electron chi connectivity index (χ3n) is 1.64. The summed E-state index contributed by atoms with van der Waals surface area (Å²) in [7, 11) is 1.41. The average Bonchev–Trinajstić information content (AvgIpc) is 2.30. The molecule has 1 saturated heterocycles. The first-order valence-corrected chi connectivity index (χ1v) is 3.19. The summed E-state index contributed by atoms with van der Waals surface area (Å²) in [6.07, 6.45) is -2.17. The second-order valence-electron chi connectivity index (χ2n) is 2.27. The minimum atomic E-state index is -1.10. The number of aliphatic hydroxyl groups is 1. The highest BCUT2D eigenvalue weighted by Crippen LogP contribution is 2.19. The highest BCUT2D eigenvalue weighted by Gasteiger charge is 2.36. The fourth-order valence-corrected chi connectivity index (χ4v) is 1.09. The zero-order chi connectivity index (χ0) is 7.56. The summed E-state index contributed by atoms with van der Waals surface area (Å²) < 4.78 is 22.3.